The molecule has 7 nitrogen and oxygen atoms in total. The molecule has 2 rings (SSSR count). The summed E-state index contributed by atoms with van der Waals surface area (Å²) >= 11 is 0. The van der Waals surface area contributed by atoms with Crippen LogP contribution in [0.3, 0.4) is 0 Å². The lowest BCUT2D eigenvalue weighted by Gasteiger charge is -2.26. The van der Waals surface area contributed by atoms with E-state index in [1.54, 1.807) is 44.6 Å². The number of amides is 3. The van der Waals surface area contributed by atoms with Crippen molar-refractivity contribution in [3.8, 4) is 11.5 Å². The highest BCUT2D eigenvalue weighted by molar-refractivity contribution is 5.93. The highest BCUT2D eigenvalue weighted by Crippen LogP contribution is 2.25. The van der Waals surface area contributed by atoms with Crippen LogP contribution in [0.5, 0.6) is 11.5 Å². The van der Waals surface area contributed by atoms with Crippen molar-refractivity contribution in [3.63, 3.8) is 0 Å². The fourth-order valence-corrected chi connectivity index (χ4v) is 2.52. The summed E-state index contributed by atoms with van der Waals surface area (Å²) in [7, 11) is 3.14. The average molecular weight is 345 g/mol. The van der Waals surface area contributed by atoms with Crippen molar-refractivity contribution in [1.82, 2.24) is 15.3 Å². The molecule has 7 heteroatoms. The van der Waals surface area contributed by atoms with Gasteiger partial charge in [0.2, 0.25) is 0 Å². The van der Waals surface area contributed by atoms with Crippen molar-refractivity contribution in [2.24, 2.45) is 0 Å². The quantitative estimate of drug-likeness (QED) is 0.633. The van der Waals surface area contributed by atoms with E-state index < -0.39 is 0 Å². The molecule has 0 radical (unpaired) electrons. The minimum absolute atomic E-state index is 0.267. The molecule has 1 aliphatic heterocycles. The standard InChI is InChI=1S/C18H23N3O4/c1-4-10-19-18(23)21-12-5-11-20(21)17(22)9-6-14-13-15(24-2)7-8-16(14)25-3/h4,6-9,13H,1,5,10-12H2,2-3H3,(H,19,23). The molecule has 1 aromatic carbocycles. The zero-order valence-electron chi connectivity index (χ0n) is 14.5. The van der Waals surface area contributed by atoms with Crippen LogP contribution < -0.4 is 14.8 Å². The van der Waals surface area contributed by atoms with E-state index in [1.807, 2.05) is 0 Å². The third-order valence-electron chi connectivity index (χ3n) is 3.76. The highest BCUT2D eigenvalue weighted by atomic mass is 16.5. The number of carbonyl (C=O) groups excluding carboxylic acids is 2. The summed E-state index contributed by atoms with van der Waals surface area (Å²) in [6, 6.07) is 5.03. The second-order valence-electron chi connectivity index (χ2n) is 5.35. The van der Waals surface area contributed by atoms with E-state index in [0.717, 1.165) is 12.0 Å². The number of hydrogen-bond acceptors (Lipinski definition) is 4. The summed E-state index contributed by atoms with van der Waals surface area (Å²) in [5.41, 5.74) is 0.719. The van der Waals surface area contributed by atoms with Gasteiger partial charge in [0.15, 0.2) is 0 Å². The third-order valence-corrected chi connectivity index (χ3v) is 3.76. The smallest absolute Gasteiger partial charge is 0.336 e. The minimum atomic E-state index is -0.307. The summed E-state index contributed by atoms with van der Waals surface area (Å²) in [5.74, 6) is 1.03. The van der Waals surface area contributed by atoms with Crippen LogP contribution in [0.15, 0.2) is 36.9 Å². The minimum Gasteiger partial charge on any atom is -0.497 e. The van der Waals surface area contributed by atoms with Gasteiger partial charge in [-0.2, -0.15) is 0 Å². The molecule has 1 aliphatic rings. The van der Waals surface area contributed by atoms with Gasteiger partial charge in [-0.05, 0) is 30.7 Å². The molecule has 1 N–H and O–H groups in total. The van der Waals surface area contributed by atoms with Gasteiger partial charge < -0.3 is 14.8 Å². The van der Waals surface area contributed by atoms with Gasteiger partial charge in [-0.3, -0.25) is 4.79 Å². The van der Waals surface area contributed by atoms with Gasteiger partial charge in [0.05, 0.1) is 14.2 Å². The van der Waals surface area contributed by atoms with Crippen molar-refractivity contribution in [3.05, 3.63) is 42.5 Å². The molecule has 1 saturated heterocycles. The molecule has 0 atom stereocenters. The van der Waals surface area contributed by atoms with Crippen LogP contribution in [-0.2, 0) is 4.79 Å². The van der Waals surface area contributed by atoms with Gasteiger partial charge >= 0.3 is 6.03 Å². The predicted octanol–water partition coefficient (Wildman–Crippen LogP) is 2.06. The molecule has 3 amide bonds. The molecule has 134 valence electrons. The molecule has 0 unspecified atom stereocenters. The largest absolute Gasteiger partial charge is 0.497 e. The highest BCUT2D eigenvalue weighted by Gasteiger charge is 2.29. The lowest BCUT2D eigenvalue weighted by molar-refractivity contribution is -0.134. The molecule has 1 aromatic rings. The first-order chi connectivity index (χ1) is 12.1. The van der Waals surface area contributed by atoms with E-state index in [2.05, 4.69) is 11.9 Å². The summed E-state index contributed by atoms with van der Waals surface area (Å²) in [4.78, 5) is 24.6. The Morgan fingerprint density at radius 3 is 2.68 bits per heavy atom. The lowest BCUT2D eigenvalue weighted by atomic mass is 10.1. The van der Waals surface area contributed by atoms with Crippen molar-refractivity contribution >= 4 is 18.0 Å². The van der Waals surface area contributed by atoms with E-state index in [1.165, 1.54) is 16.1 Å². The molecule has 1 heterocycles. The van der Waals surface area contributed by atoms with Crippen molar-refractivity contribution < 1.29 is 19.1 Å². The van der Waals surface area contributed by atoms with Gasteiger partial charge in [0.1, 0.15) is 11.5 Å². The molecule has 0 saturated carbocycles. The SMILES string of the molecule is C=CCNC(=O)N1CCCN1C(=O)C=Cc1cc(OC)ccc1OC. The number of nitrogens with zero attached hydrogens (tertiary/aromatic N) is 2. The number of benzene rings is 1. The molecular formula is C18H23N3O4. The molecule has 0 aliphatic carbocycles. The molecule has 25 heavy (non-hydrogen) atoms. The fraction of sp³-hybridized carbons (Fsp3) is 0.333. The van der Waals surface area contributed by atoms with Crippen molar-refractivity contribution in [2.45, 2.75) is 6.42 Å². The van der Waals surface area contributed by atoms with E-state index in [4.69, 9.17) is 9.47 Å². The van der Waals surface area contributed by atoms with Gasteiger partial charge in [0.25, 0.3) is 5.91 Å². The maximum Gasteiger partial charge on any atom is 0.336 e. The molecular weight excluding hydrogens is 322 g/mol. The van der Waals surface area contributed by atoms with E-state index in [-0.39, 0.29) is 11.9 Å². The monoisotopic (exact) mass is 345 g/mol. The number of hydrazine groups is 1. The molecule has 0 bridgehead atoms. The Kier molecular flexibility index (Phi) is 6.45. The van der Waals surface area contributed by atoms with Crippen LogP contribution >= 0.6 is 0 Å². The summed E-state index contributed by atoms with van der Waals surface area (Å²) < 4.78 is 10.5. The maximum atomic E-state index is 12.5. The average Bonchev–Trinajstić information content (AvgIpc) is 3.13. The van der Waals surface area contributed by atoms with E-state index in [9.17, 15) is 9.59 Å². The summed E-state index contributed by atoms with van der Waals surface area (Å²) in [5, 5.41) is 5.53. The van der Waals surface area contributed by atoms with E-state index in [0.29, 0.717) is 31.1 Å². The zero-order valence-corrected chi connectivity index (χ0v) is 14.5. The maximum absolute atomic E-state index is 12.5. The zero-order chi connectivity index (χ0) is 18.2. The first-order valence-electron chi connectivity index (χ1n) is 7.98. The number of urea groups is 1. The van der Waals surface area contributed by atoms with Crippen molar-refractivity contribution in [2.75, 3.05) is 33.9 Å². The first-order valence-corrected chi connectivity index (χ1v) is 7.98. The van der Waals surface area contributed by atoms with Crippen LogP contribution in [0.1, 0.15) is 12.0 Å². The second kappa shape index (κ2) is 8.77. The Balaban J connectivity index is 2.11. The van der Waals surface area contributed by atoms with Gasteiger partial charge in [-0.25, -0.2) is 14.8 Å². The van der Waals surface area contributed by atoms with Gasteiger partial charge in [0, 0.05) is 31.3 Å². The third kappa shape index (κ3) is 4.53. The fourth-order valence-electron chi connectivity index (χ4n) is 2.52. The Morgan fingerprint density at radius 1 is 1.24 bits per heavy atom. The predicted molar refractivity (Wildman–Crippen MR) is 95.2 cm³/mol. The Bertz CT molecular complexity index is 672. The van der Waals surface area contributed by atoms with Gasteiger partial charge in [-0.1, -0.05) is 6.08 Å². The van der Waals surface area contributed by atoms with Crippen LogP contribution in [0.25, 0.3) is 6.08 Å². The molecule has 0 aromatic heterocycles. The number of carbonyl (C=O) groups is 2. The van der Waals surface area contributed by atoms with Crippen molar-refractivity contribution in [1.29, 1.82) is 0 Å². The topological polar surface area (TPSA) is 71.1 Å². The number of nitrogens with one attached hydrogen (secondary N) is 1. The Morgan fingerprint density at radius 2 is 2.00 bits per heavy atom. The number of rotatable bonds is 6. The Labute approximate surface area is 147 Å². The Hall–Kier alpha value is -2.96. The van der Waals surface area contributed by atoms with Crippen LogP contribution in [0, 0.1) is 0 Å². The number of ether oxygens (including phenoxy) is 2. The second-order valence-corrected chi connectivity index (χ2v) is 5.35. The number of methoxy groups -OCH3 is 2. The lowest BCUT2D eigenvalue weighted by Crippen LogP contribution is -2.48. The number of hydrogen-bond donors (Lipinski definition) is 1. The van der Waals surface area contributed by atoms with Gasteiger partial charge in [-0.15, -0.1) is 6.58 Å². The molecule has 1 fully saturated rings. The van der Waals surface area contributed by atoms with Crippen LogP contribution in [-0.4, -0.2) is 55.8 Å². The first kappa shape index (κ1) is 18.4. The normalized spacial score (nSPS) is 13.8. The van der Waals surface area contributed by atoms with Crippen LogP contribution in [0.2, 0.25) is 0 Å². The summed E-state index contributed by atoms with van der Waals surface area (Å²) in [6.07, 6.45) is 5.41. The summed E-state index contributed by atoms with van der Waals surface area (Å²) in [6.45, 7) is 4.92. The van der Waals surface area contributed by atoms with E-state index >= 15 is 0 Å². The molecule has 0 spiro atoms. The van der Waals surface area contributed by atoms with Crippen LogP contribution in [0.4, 0.5) is 4.79 Å².